The highest BCUT2D eigenvalue weighted by Crippen LogP contribution is 2.19. The molecular formula is C10H12N2O2S. The number of nitrogens with two attached hydrogens (primary N) is 1. The van der Waals surface area contributed by atoms with Gasteiger partial charge in [-0.1, -0.05) is 18.3 Å². The quantitative estimate of drug-likeness (QED) is 0.753. The Morgan fingerprint density at radius 2 is 2.27 bits per heavy atom. The monoisotopic (exact) mass is 224 g/mol. The van der Waals surface area contributed by atoms with E-state index >= 15 is 0 Å². The molecule has 0 aromatic heterocycles. The Labute approximate surface area is 93.3 Å². The summed E-state index contributed by atoms with van der Waals surface area (Å²) in [7, 11) is 1.61. The van der Waals surface area contributed by atoms with Crippen LogP contribution in [-0.2, 0) is 4.79 Å². The molecule has 1 aromatic carbocycles. The SMILES string of the molecule is CN(C(=O)CC(N)=S)c1cccc(O)c1. The molecule has 3 N–H and O–H groups in total. The van der Waals surface area contributed by atoms with Crippen LogP contribution >= 0.6 is 12.2 Å². The van der Waals surface area contributed by atoms with Crippen molar-refractivity contribution in [3.63, 3.8) is 0 Å². The maximum atomic E-state index is 11.5. The lowest BCUT2D eigenvalue weighted by atomic mass is 10.2. The minimum absolute atomic E-state index is 0.0293. The zero-order valence-electron chi connectivity index (χ0n) is 8.30. The zero-order valence-corrected chi connectivity index (χ0v) is 9.12. The zero-order chi connectivity index (χ0) is 11.4. The lowest BCUT2D eigenvalue weighted by Gasteiger charge is -2.16. The molecule has 1 aromatic rings. The third-order valence-electron chi connectivity index (χ3n) is 1.92. The van der Waals surface area contributed by atoms with Gasteiger partial charge in [0.1, 0.15) is 5.75 Å². The third kappa shape index (κ3) is 3.21. The van der Waals surface area contributed by atoms with Crippen LogP contribution in [0.15, 0.2) is 24.3 Å². The van der Waals surface area contributed by atoms with Gasteiger partial charge in [-0.15, -0.1) is 0 Å². The minimum atomic E-state index is -0.201. The van der Waals surface area contributed by atoms with Crippen LogP contribution in [0.1, 0.15) is 6.42 Å². The molecule has 0 radical (unpaired) electrons. The molecule has 0 bridgehead atoms. The maximum absolute atomic E-state index is 11.5. The maximum Gasteiger partial charge on any atom is 0.233 e. The molecule has 0 aliphatic heterocycles. The predicted octanol–water partition coefficient (Wildman–Crippen LogP) is 1.03. The van der Waals surface area contributed by atoms with Gasteiger partial charge in [0, 0.05) is 18.8 Å². The van der Waals surface area contributed by atoms with E-state index in [1.165, 1.54) is 17.0 Å². The molecule has 0 saturated heterocycles. The van der Waals surface area contributed by atoms with Crippen molar-refractivity contribution in [3.05, 3.63) is 24.3 Å². The summed E-state index contributed by atoms with van der Waals surface area (Å²) in [6.07, 6.45) is 0.0293. The predicted molar refractivity (Wildman–Crippen MR) is 62.9 cm³/mol. The van der Waals surface area contributed by atoms with E-state index < -0.39 is 0 Å². The molecule has 0 saturated carbocycles. The number of aromatic hydroxyl groups is 1. The fourth-order valence-corrected chi connectivity index (χ4v) is 1.24. The number of amides is 1. The van der Waals surface area contributed by atoms with Crippen molar-refractivity contribution in [2.45, 2.75) is 6.42 Å². The van der Waals surface area contributed by atoms with E-state index in [4.69, 9.17) is 5.73 Å². The van der Waals surface area contributed by atoms with E-state index in [0.717, 1.165) is 0 Å². The number of benzene rings is 1. The molecule has 0 atom stereocenters. The Balaban J connectivity index is 2.80. The van der Waals surface area contributed by atoms with Gasteiger partial charge in [-0.05, 0) is 12.1 Å². The first kappa shape index (κ1) is 11.5. The Bertz CT molecular complexity index is 393. The second-order valence-corrected chi connectivity index (χ2v) is 3.64. The summed E-state index contributed by atoms with van der Waals surface area (Å²) in [5, 5.41) is 9.24. The van der Waals surface area contributed by atoms with Gasteiger partial charge in [0.05, 0.1) is 11.4 Å². The van der Waals surface area contributed by atoms with Crippen molar-refractivity contribution in [2.24, 2.45) is 5.73 Å². The number of thiocarbonyl (C=S) groups is 1. The van der Waals surface area contributed by atoms with Crippen LogP contribution in [0, 0.1) is 0 Å². The number of rotatable bonds is 3. The topological polar surface area (TPSA) is 66.6 Å². The van der Waals surface area contributed by atoms with Gasteiger partial charge in [0.25, 0.3) is 0 Å². The van der Waals surface area contributed by atoms with Crippen LogP contribution in [-0.4, -0.2) is 23.0 Å². The summed E-state index contributed by atoms with van der Waals surface area (Å²) in [5.41, 5.74) is 5.88. The normalized spacial score (nSPS) is 9.67. The van der Waals surface area contributed by atoms with Crippen molar-refractivity contribution in [2.75, 3.05) is 11.9 Å². The van der Waals surface area contributed by atoms with Gasteiger partial charge in [-0.3, -0.25) is 4.79 Å². The summed E-state index contributed by atoms with van der Waals surface area (Å²) in [4.78, 5) is 13.1. The number of nitrogens with zero attached hydrogens (tertiary/aromatic N) is 1. The van der Waals surface area contributed by atoms with E-state index in [0.29, 0.717) is 5.69 Å². The van der Waals surface area contributed by atoms with Crippen LogP contribution in [0.4, 0.5) is 5.69 Å². The summed E-state index contributed by atoms with van der Waals surface area (Å²) in [6, 6.07) is 6.42. The minimum Gasteiger partial charge on any atom is -0.508 e. The van der Waals surface area contributed by atoms with Crippen molar-refractivity contribution in [3.8, 4) is 5.75 Å². The van der Waals surface area contributed by atoms with Gasteiger partial charge in [-0.25, -0.2) is 0 Å². The van der Waals surface area contributed by atoms with Crippen molar-refractivity contribution < 1.29 is 9.90 Å². The fourth-order valence-electron chi connectivity index (χ4n) is 1.11. The number of anilines is 1. The molecular weight excluding hydrogens is 212 g/mol. The van der Waals surface area contributed by atoms with Gasteiger partial charge in [0.15, 0.2) is 0 Å². The fraction of sp³-hybridized carbons (Fsp3) is 0.200. The van der Waals surface area contributed by atoms with E-state index in [9.17, 15) is 9.90 Å². The number of hydrogen-bond donors (Lipinski definition) is 2. The van der Waals surface area contributed by atoms with Crippen LogP contribution < -0.4 is 10.6 Å². The summed E-state index contributed by atoms with van der Waals surface area (Å²) in [5.74, 6) is -0.0874. The van der Waals surface area contributed by atoms with Crippen LogP contribution in [0.5, 0.6) is 5.75 Å². The van der Waals surface area contributed by atoms with Crippen LogP contribution in [0.3, 0.4) is 0 Å². The second kappa shape index (κ2) is 4.75. The van der Waals surface area contributed by atoms with Crippen molar-refractivity contribution in [1.29, 1.82) is 0 Å². The molecule has 15 heavy (non-hydrogen) atoms. The van der Waals surface area contributed by atoms with E-state index in [1.807, 2.05) is 0 Å². The molecule has 0 heterocycles. The van der Waals surface area contributed by atoms with Crippen molar-refractivity contribution in [1.82, 2.24) is 0 Å². The Hall–Kier alpha value is -1.62. The molecule has 5 heteroatoms. The molecule has 1 amide bonds. The summed E-state index contributed by atoms with van der Waals surface area (Å²) in [6.45, 7) is 0. The molecule has 80 valence electrons. The Morgan fingerprint density at radius 1 is 1.60 bits per heavy atom. The Morgan fingerprint density at radius 3 is 2.80 bits per heavy atom. The summed E-state index contributed by atoms with van der Waals surface area (Å²) >= 11 is 4.65. The third-order valence-corrected chi connectivity index (χ3v) is 2.06. The largest absolute Gasteiger partial charge is 0.508 e. The highest BCUT2D eigenvalue weighted by atomic mass is 32.1. The molecule has 0 fully saturated rings. The average Bonchev–Trinajstić information content (AvgIpc) is 2.15. The highest BCUT2D eigenvalue weighted by molar-refractivity contribution is 7.80. The van der Waals surface area contributed by atoms with E-state index in [-0.39, 0.29) is 23.1 Å². The van der Waals surface area contributed by atoms with Crippen molar-refractivity contribution >= 4 is 28.8 Å². The summed E-state index contributed by atoms with van der Waals surface area (Å²) < 4.78 is 0. The number of phenols is 1. The average molecular weight is 224 g/mol. The molecule has 0 spiro atoms. The molecule has 4 nitrogen and oxygen atoms in total. The number of carbonyl (C=O) groups is 1. The highest BCUT2D eigenvalue weighted by Gasteiger charge is 2.11. The first-order chi connectivity index (χ1) is 7.00. The second-order valence-electron chi connectivity index (χ2n) is 3.12. The van der Waals surface area contributed by atoms with Gasteiger partial charge >= 0.3 is 0 Å². The smallest absolute Gasteiger partial charge is 0.233 e. The standard InChI is InChI=1S/C10H12N2O2S/c1-12(10(14)6-9(11)15)7-3-2-4-8(13)5-7/h2-5,13H,6H2,1H3,(H2,11,15). The van der Waals surface area contributed by atoms with Gasteiger partial charge in [-0.2, -0.15) is 0 Å². The van der Waals surface area contributed by atoms with Crippen LogP contribution in [0.25, 0.3) is 0 Å². The van der Waals surface area contributed by atoms with Gasteiger partial charge < -0.3 is 15.7 Å². The molecule has 1 rings (SSSR count). The first-order valence-corrected chi connectivity index (χ1v) is 4.75. The van der Waals surface area contributed by atoms with E-state index in [1.54, 1.807) is 19.2 Å². The van der Waals surface area contributed by atoms with E-state index in [2.05, 4.69) is 12.2 Å². The Kier molecular flexibility index (Phi) is 3.62. The van der Waals surface area contributed by atoms with Gasteiger partial charge in [0.2, 0.25) is 5.91 Å². The lowest BCUT2D eigenvalue weighted by Crippen LogP contribution is -2.29. The van der Waals surface area contributed by atoms with Crippen LogP contribution in [0.2, 0.25) is 0 Å². The molecule has 0 aliphatic carbocycles. The molecule has 0 unspecified atom stereocenters. The number of phenolic OH excluding ortho intramolecular Hbond substituents is 1. The number of carbonyl (C=O) groups excluding carboxylic acids is 1. The molecule has 0 aliphatic rings. The lowest BCUT2D eigenvalue weighted by molar-refractivity contribution is -0.117. The first-order valence-electron chi connectivity index (χ1n) is 4.34. The number of hydrogen-bond acceptors (Lipinski definition) is 3.